The van der Waals surface area contributed by atoms with E-state index in [9.17, 15) is 19.7 Å². The predicted molar refractivity (Wildman–Crippen MR) is 216 cm³/mol. The molecule has 0 N–H and O–H groups in total. The number of carbonyl (C=O) groups excluding carboxylic acids is 1. The van der Waals surface area contributed by atoms with Crippen molar-refractivity contribution in [1.29, 1.82) is 0 Å². The molecule has 1 aliphatic heterocycles. The third kappa shape index (κ3) is 8.49. The summed E-state index contributed by atoms with van der Waals surface area (Å²) in [5.74, 6) is 1.25. The summed E-state index contributed by atoms with van der Waals surface area (Å²) in [6, 6.07) is 12.4. The number of methoxy groups -OCH3 is 2. The van der Waals surface area contributed by atoms with E-state index < -0.39 is 10.5 Å². The van der Waals surface area contributed by atoms with E-state index in [0.29, 0.717) is 52.4 Å². The number of pyridine rings is 1. The molecule has 1 aliphatic rings. The molecule has 6 rings (SSSR count). The van der Waals surface area contributed by atoms with Crippen molar-refractivity contribution in [3.05, 3.63) is 120 Å². The fourth-order valence-electron chi connectivity index (χ4n) is 6.51. The van der Waals surface area contributed by atoms with Gasteiger partial charge in [-0.15, -0.1) is 0 Å². The lowest BCUT2D eigenvalue weighted by Crippen LogP contribution is -2.41. The minimum atomic E-state index is -0.460. The van der Waals surface area contributed by atoms with E-state index >= 15 is 0 Å². The second-order valence-corrected chi connectivity index (χ2v) is 14.7. The van der Waals surface area contributed by atoms with Crippen LogP contribution in [0.25, 0.3) is 22.2 Å². The van der Waals surface area contributed by atoms with E-state index in [-0.39, 0.29) is 57.2 Å². The van der Waals surface area contributed by atoms with Crippen LogP contribution in [0.3, 0.4) is 0 Å². The van der Waals surface area contributed by atoms with Crippen LogP contribution in [0.4, 0.5) is 11.8 Å². The Morgan fingerprint density at radius 2 is 1.80 bits per heavy atom. The van der Waals surface area contributed by atoms with Crippen molar-refractivity contribution < 1.29 is 23.7 Å². The zero-order valence-electron chi connectivity index (χ0n) is 31.7. The first kappa shape index (κ1) is 39.8. The van der Waals surface area contributed by atoms with Gasteiger partial charge in [0, 0.05) is 62.4 Å². The number of quaternary nitrogens is 1. The van der Waals surface area contributed by atoms with Crippen molar-refractivity contribution in [3.8, 4) is 22.6 Å². The highest BCUT2D eigenvalue weighted by molar-refractivity contribution is 6.41. The number of nitrogens with zero attached hydrogens (tertiary/aromatic N) is 9. The number of anilines is 2. The first-order valence-electron chi connectivity index (χ1n) is 17.4. The minimum Gasteiger partial charge on any atom is -0.495 e. The van der Waals surface area contributed by atoms with Crippen LogP contribution in [0.5, 0.6) is 11.5 Å². The summed E-state index contributed by atoms with van der Waals surface area (Å²) >= 11 is 13.6. The Kier molecular flexibility index (Phi) is 11.7. The van der Waals surface area contributed by atoms with Crippen molar-refractivity contribution in [2.24, 2.45) is 12.0 Å². The van der Waals surface area contributed by atoms with Crippen molar-refractivity contribution >= 4 is 58.0 Å². The number of ketones is 1. The van der Waals surface area contributed by atoms with E-state index in [2.05, 4.69) is 15.1 Å². The summed E-state index contributed by atoms with van der Waals surface area (Å²) in [5.41, 5.74) is 2.48. The molecule has 0 radical (unpaired) electrons. The number of ether oxygens (including phenoxy) is 2. The van der Waals surface area contributed by atoms with Gasteiger partial charge in [0.15, 0.2) is 11.6 Å². The molecule has 0 unspecified atom stereocenters. The van der Waals surface area contributed by atoms with Gasteiger partial charge < -0.3 is 24.1 Å². The number of allylic oxidation sites excluding steroid dienone is 1. The number of nitro groups is 1. The lowest BCUT2D eigenvalue weighted by Gasteiger charge is -2.28. The zero-order chi connectivity index (χ0) is 40.3. The molecule has 56 heavy (non-hydrogen) atoms. The van der Waals surface area contributed by atoms with Gasteiger partial charge in [-0.3, -0.25) is 23.7 Å². The van der Waals surface area contributed by atoms with E-state index in [1.165, 1.54) is 24.9 Å². The Hall–Kier alpha value is -5.90. The van der Waals surface area contributed by atoms with Gasteiger partial charge in [-0.2, -0.15) is 10.1 Å². The van der Waals surface area contributed by atoms with Gasteiger partial charge in [-0.05, 0) is 34.3 Å². The normalized spacial score (nSPS) is 12.9. The summed E-state index contributed by atoms with van der Waals surface area (Å²) in [4.78, 5) is 53.7. The average molecular weight is 802 g/mol. The van der Waals surface area contributed by atoms with Crippen molar-refractivity contribution in [2.45, 2.75) is 19.4 Å². The van der Waals surface area contributed by atoms with Crippen molar-refractivity contribution in [2.75, 3.05) is 53.4 Å². The molecule has 0 aliphatic carbocycles. The molecule has 15 nitrogen and oxygen atoms in total. The molecule has 0 bridgehead atoms. The standard InChI is InChI=1S/C39H40Cl2N9O6/c1-46-15-13-32(45-46)47(2)39-43-21-27-19-29(33-34(40)30(55-5)20-31(56-6)35(33)41)38(52)48(37(27)44-39)22-25-10-7-9-24(17-25)18-28(51)11-8-16-50(3,4)23-26-12-14-42-36(26)49(53)54/h7-11,13-15,17,19-21H,12,16,18,22-23H2,1-6H3/q+1/b11-8+. The number of benzene rings is 2. The van der Waals surface area contributed by atoms with Crippen LogP contribution in [0.2, 0.25) is 10.0 Å². The number of hydrogen-bond acceptors (Lipinski definition) is 11. The second-order valence-electron chi connectivity index (χ2n) is 13.9. The van der Waals surface area contributed by atoms with Crippen LogP contribution >= 0.6 is 23.2 Å². The Bertz CT molecular complexity index is 2480. The second kappa shape index (κ2) is 16.5. The Labute approximate surface area is 332 Å². The summed E-state index contributed by atoms with van der Waals surface area (Å²) < 4.78 is 14.6. The molecule has 290 valence electrons. The largest absolute Gasteiger partial charge is 0.495 e. The Morgan fingerprint density at radius 3 is 2.46 bits per heavy atom. The fourth-order valence-corrected chi connectivity index (χ4v) is 7.22. The zero-order valence-corrected chi connectivity index (χ0v) is 33.2. The monoisotopic (exact) mass is 800 g/mol. The highest BCUT2D eigenvalue weighted by Gasteiger charge is 2.28. The van der Waals surface area contributed by atoms with E-state index in [4.69, 9.17) is 37.7 Å². The van der Waals surface area contributed by atoms with Crippen LogP contribution in [-0.2, 0) is 24.8 Å². The summed E-state index contributed by atoms with van der Waals surface area (Å²) in [6.07, 6.45) is 8.86. The summed E-state index contributed by atoms with van der Waals surface area (Å²) in [6.45, 7) is 0.999. The van der Waals surface area contributed by atoms with Crippen molar-refractivity contribution in [3.63, 3.8) is 0 Å². The number of carbonyl (C=O) groups is 1. The average Bonchev–Trinajstić information content (AvgIpc) is 3.81. The molecule has 0 saturated heterocycles. The molecule has 2 aromatic carbocycles. The third-order valence-corrected chi connectivity index (χ3v) is 10.0. The van der Waals surface area contributed by atoms with Gasteiger partial charge >= 0.3 is 5.82 Å². The lowest BCUT2D eigenvalue weighted by molar-refractivity contribution is -0.880. The van der Waals surface area contributed by atoms with Crippen molar-refractivity contribution in [1.82, 2.24) is 24.3 Å². The maximum absolute atomic E-state index is 14.6. The van der Waals surface area contributed by atoms with Gasteiger partial charge in [0.05, 0.1) is 62.6 Å². The fraction of sp³-hybridized carbons (Fsp3) is 0.282. The maximum atomic E-state index is 14.6. The highest BCUT2D eigenvalue weighted by Crippen LogP contribution is 2.45. The highest BCUT2D eigenvalue weighted by atomic mass is 35.5. The van der Waals surface area contributed by atoms with Crippen LogP contribution in [-0.4, -0.2) is 94.2 Å². The molecule has 17 heteroatoms. The quantitative estimate of drug-likeness (QED) is 0.0529. The Morgan fingerprint density at radius 1 is 1.09 bits per heavy atom. The van der Waals surface area contributed by atoms with Crippen LogP contribution in [0, 0.1) is 10.1 Å². The molecule has 0 saturated carbocycles. The smallest absolute Gasteiger partial charge is 0.368 e. The third-order valence-electron chi connectivity index (χ3n) is 9.27. The number of rotatable bonds is 15. The number of aliphatic imine (C=N–C) groups is 1. The number of halogens is 2. The number of likely N-dealkylation sites (N-methyl/N-ethyl adjacent to an activating group) is 1. The summed E-state index contributed by atoms with van der Waals surface area (Å²) in [5, 5.41) is 16.6. The van der Waals surface area contributed by atoms with E-state index in [1.807, 2.05) is 51.5 Å². The van der Waals surface area contributed by atoms with E-state index in [1.54, 1.807) is 53.4 Å². The lowest BCUT2D eigenvalue weighted by atomic mass is 10.0. The van der Waals surface area contributed by atoms with Crippen LogP contribution in [0.1, 0.15) is 17.5 Å². The first-order valence-corrected chi connectivity index (χ1v) is 18.2. The van der Waals surface area contributed by atoms with Crippen LogP contribution < -0.4 is 19.9 Å². The topological polar surface area (TPSA) is 160 Å². The number of aromatic nitrogens is 5. The SMILES string of the molecule is COc1cc(OC)c(Cl)c(-c2cc3cnc(N(C)c4ccn(C)n4)nc3n(Cc3cccc(CC(=O)/C=C/C[N+](C)(C)CC4=C([N+](=O)[O-])N=CC4)c3)c2=O)c1Cl. The van der Waals surface area contributed by atoms with Gasteiger partial charge in [-0.1, -0.05) is 52.5 Å². The molecule has 5 aromatic rings. The molecule has 0 fully saturated rings. The number of aryl methyl sites for hydroxylation is 1. The molecule has 3 aromatic heterocycles. The molecule has 0 spiro atoms. The number of fused-ring (bicyclic) bond motifs is 1. The summed E-state index contributed by atoms with van der Waals surface area (Å²) in [7, 11) is 10.4. The van der Waals surface area contributed by atoms with Crippen LogP contribution in [0.15, 0.2) is 88.2 Å². The maximum Gasteiger partial charge on any atom is 0.368 e. The van der Waals surface area contributed by atoms with Gasteiger partial charge in [0.2, 0.25) is 5.95 Å². The van der Waals surface area contributed by atoms with Gasteiger partial charge in [0.1, 0.15) is 29.9 Å². The number of hydrogen-bond donors (Lipinski definition) is 0. The molecular formula is C39H40Cl2N9O6+. The first-order chi connectivity index (χ1) is 26.7. The van der Waals surface area contributed by atoms with E-state index in [0.717, 1.165) is 11.1 Å². The minimum absolute atomic E-state index is 0.0819. The van der Waals surface area contributed by atoms with Gasteiger partial charge in [0.25, 0.3) is 5.56 Å². The van der Waals surface area contributed by atoms with Gasteiger partial charge in [-0.25, -0.2) is 4.98 Å². The Balaban J connectivity index is 1.33. The molecule has 0 atom stereocenters. The molecule has 0 amide bonds. The molecular weight excluding hydrogens is 761 g/mol. The molecule has 4 heterocycles. The predicted octanol–water partition coefficient (Wildman–Crippen LogP) is 6.04.